The van der Waals surface area contributed by atoms with Crippen molar-refractivity contribution in [3.8, 4) is 0 Å². The van der Waals surface area contributed by atoms with Gasteiger partial charge in [-0.3, -0.25) is 0 Å². The van der Waals surface area contributed by atoms with Crippen LogP contribution in [0.1, 0.15) is 39.5 Å². The molecule has 0 aromatic heterocycles. The van der Waals surface area contributed by atoms with Crippen LogP contribution in [0.15, 0.2) is 35.2 Å². The van der Waals surface area contributed by atoms with Crippen LogP contribution < -0.4 is 5.32 Å². The lowest BCUT2D eigenvalue weighted by Crippen LogP contribution is -2.46. The number of hydrogen-bond acceptors (Lipinski definition) is 3. The largest absolute Gasteiger partial charge is 0.375 e. The van der Waals surface area contributed by atoms with E-state index in [9.17, 15) is 0 Å². The molecule has 20 heavy (non-hydrogen) atoms. The first kappa shape index (κ1) is 15.9. The molecule has 0 radical (unpaired) electrons. The molecule has 0 bridgehead atoms. The molecule has 1 aliphatic heterocycles. The molecule has 2 rings (SSSR count). The van der Waals surface area contributed by atoms with E-state index in [4.69, 9.17) is 4.74 Å². The van der Waals surface area contributed by atoms with Crippen molar-refractivity contribution in [3.63, 3.8) is 0 Å². The fourth-order valence-corrected chi connectivity index (χ4v) is 3.70. The molecule has 0 aliphatic carbocycles. The second-order valence-electron chi connectivity index (χ2n) is 5.54. The van der Waals surface area contributed by atoms with E-state index in [1.54, 1.807) is 0 Å². The maximum atomic E-state index is 6.02. The Bertz CT molecular complexity index is 378. The van der Waals surface area contributed by atoms with Crippen LogP contribution in [0.4, 0.5) is 0 Å². The standard InChI is InChI=1S/C17H27NOS/c1-3-17(4-2)14-15(10-12-19-17)18-11-13-20-16-8-6-5-7-9-16/h5-9,15,18H,3-4,10-14H2,1-2H3. The number of hydrogen-bond donors (Lipinski definition) is 1. The lowest BCUT2D eigenvalue weighted by Gasteiger charge is -2.40. The van der Waals surface area contributed by atoms with Gasteiger partial charge in [0.15, 0.2) is 0 Å². The highest BCUT2D eigenvalue weighted by Crippen LogP contribution is 2.31. The Morgan fingerprint density at radius 2 is 2.00 bits per heavy atom. The van der Waals surface area contributed by atoms with Gasteiger partial charge >= 0.3 is 0 Å². The summed E-state index contributed by atoms with van der Waals surface area (Å²) < 4.78 is 6.02. The van der Waals surface area contributed by atoms with Crippen molar-refractivity contribution in [1.82, 2.24) is 5.32 Å². The van der Waals surface area contributed by atoms with Gasteiger partial charge in [-0.25, -0.2) is 0 Å². The minimum Gasteiger partial charge on any atom is -0.375 e. The molecule has 0 spiro atoms. The van der Waals surface area contributed by atoms with Crippen molar-refractivity contribution < 1.29 is 4.74 Å². The van der Waals surface area contributed by atoms with Gasteiger partial charge in [-0.2, -0.15) is 0 Å². The SMILES string of the molecule is CCC1(CC)CC(NCCSc2ccccc2)CCO1. The molecule has 0 saturated carbocycles. The van der Waals surface area contributed by atoms with Crippen LogP contribution in [-0.2, 0) is 4.74 Å². The quantitative estimate of drug-likeness (QED) is 0.604. The summed E-state index contributed by atoms with van der Waals surface area (Å²) in [5.41, 5.74) is 0.127. The predicted molar refractivity (Wildman–Crippen MR) is 87.5 cm³/mol. The van der Waals surface area contributed by atoms with Crippen LogP contribution in [0.3, 0.4) is 0 Å². The van der Waals surface area contributed by atoms with Gasteiger partial charge in [0.25, 0.3) is 0 Å². The Labute approximate surface area is 127 Å². The van der Waals surface area contributed by atoms with Crippen molar-refractivity contribution in [2.45, 2.75) is 56.1 Å². The minimum atomic E-state index is 0.127. The summed E-state index contributed by atoms with van der Waals surface area (Å²) in [5, 5.41) is 3.71. The average Bonchev–Trinajstić information content (AvgIpc) is 2.53. The maximum absolute atomic E-state index is 6.02. The first-order chi connectivity index (χ1) is 9.78. The van der Waals surface area contributed by atoms with Gasteiger partial charge in [-0.15, -0.1) is 11.8 Å². The highest BCUT2D eigenvalue weighted by atomic mass is 32.2. The molecular formula is C17H27NOS. The third-order valence-electron chi connectivity index (χ3n) is 4.33. The van der Waals surface area contributed by atoms with Gasteiger partial charge in [0.2, 0.25) is 0 Å². The Kier molecular flexibility index (Phi) is 6.40. The summed E-state index contributed by atoms with van der Waals surface area (Å²) in [6.45, 7) is 6.48. The molecule has 1 fully saturated rings. The molecular weight excluding hydrogens is 266 g/mol. The Morgan fingerprint density at radius 3 is 2.70 bits per heavy atom. The molecule has 1 saturated heterocycles. The highest BCUT2D eigenvalue weighted by molar-refractivity contribution is 7.99. The summed E-state index contributed by atoms with van der Waals surface area (Å²) in [5.74, 6) is 1.13. The van der Waals surface area contributed by atoms with Gasteiger partial charge in [-0.05, 0) is 37.8 Å². The molecule has 112 valence electrons. The van der Waals surface area contributed by atoms with Crippen LogP contribution >= 0.6 is 11.8 Å². The van der Waals surface area contributed by atoms with E-state index in [1.807, 2.05) is 11.8 Å². The zero-order chi connectivity index (χ0) is 14.3. The molecule has 1 aromatic carbocycles. The van der Waals surface area contributed by atoms with Crippen LogP contribution in [-0.4, -0.2) is 30.5 Å². The number of ether oxygens (including phenoxy) is 1. The topological polar surface area (TPSA) is 21.3 Å². The first-order valence-corrected chi connectivity index (χ1v) is 8.82. The third kappa shape index (κ3) is 4.51. The minimum absolute atomic E-state index is 0.127. The van der Waals surface area contributed by atoms with Crippen LogP contribution in [0, 0.1) is 0 Å². The summed E-state index contributed by atoms with van der Waals surface area (Å²) in [6.07, 6.45) is 4.56. The molecule has 2 nitrogen and oxygen atoms in total. The third-order valence-corrected chi connectivity index (χ3v) is 5.34. The number of benzene rings is 1. The fourth-order valence-electron chi connectivity index (χ4n) is 2.89. The average molecular weight is 293 g/mol. The van der Waals surface area contributed by atoms with Crippen molar-refractivity contribution in [2.24, 2.45) is 0 Å². The second kappa shape index (κ2) is 8.06. The molecule has 0 amide bonds. The summed E-state index contributed by atoms with van der Waals surface area (Å²) in [7, 11) is 0. The molecule has 1 aromatic rings. The predicted octanol–water partition coefficient (Wildman–Crippen LogP) is 4.11. The van der Waals surface area contributed by atoms with Crippen LogP contribution in [0.25, 0.3) is 0 Å². The summed E-state index contributed by atoms with van der Waals surface area (Å²) in [4.78, 5) is 1.36. The number of thioether (sulfide) groups is 1. The Morgan fingerprint density at radius 1 is 1.25 bits per heavy atom. The fraction of sp³-hybridized carbons (Fsp3) is 0.647. The van der Waals surface area contributed by atoms with Gasteiger partial charge in [0.05, 0.1) is 5.60 Å². The van der Waals surface area contributed by atoms with Crippen molar-refractivity contribution in [3.05, 3.63) is 30.3 Å². The van der Waals surface area contributed by atoms with E-state index in [-0.39, 0.29) is 5.60 Å². The first-order valence-electron chi connectivity index (χ1n) is 7.83. The van der Waals surface area contributed by atoms with Crippen LogP contribution in [0.2, 0.25) is 0 Å². The van der Waals surface area contributed by atoms with E-state index >= 15 is 0 Å². The van der Waals surface area contributed by atoms with E-state index in [0.717, 1.165) is 44.6 Å². The monoisotopic (exact) mass is 293 g/mol. The number of nitrogens with one attached hydrogen (secondary N) is 1. The van der Waals surface area contributed by atoms with E-state index in [0.29, 0.717) is 6.04 Å². The molecule has 1 N–H and O–H groups in total. The molecule has 1 aliphatic rings. The van der Waals surface area contributed by atoms with Crippen molar-refractivity contribution >= 4 is 11.8 Å². The molecule has 1 unspecified atom stereocenters. The van der Waals surface area contributed by atoms with Gasteiger partial charge in [0, 0.05) is 29.8 Å². The summed E-state index contributed by atoms with van der Waals surface area (Å²) in [6, 6.07) is 11.3. The summed E-state index contributed by atoms with van der Waals surface area (Å²) >= 11 is 1.93. The Hall–Kier alpha value is -0.510. The second-order valence-corrected chi connectivity index (χ2v) is 6.71. The lowest BCUT2D eigenvalue weighted by atomic mass is 9.86. The molecule has 1 atom stereocenters. The van der Waals surface area contributed by atoms with E-state index < -0.39 is 0 Å². The van der Waals surface area contributed by atoms with Gasteiger partial charge < -0.3 is 10.1 Å². The zero-order valence-electron chi connectivity index (χ0n) is 12.7. The normalized spacial score (nSPS) is 21.8. The lowest BCUT2D eigenvalue weighted by molar-refractivity contribution is -0.0927. The van der Waals surface area contributed by atoms with E-state index in [1.165, 1.54) is 4.90 Å². The molecule has 3 heteroatoms. The van der Waals surface area contributed by atoms with Crippen LogP contribution in [0.5, 0.6) is 0 Å². The highest BCUT2D eigenvalue weighted by Gasteiger charge is 2.33. The zero-order valence-corrected chi connectivity index (χ0v) is 13.5. The van der Waals surface area contributed by atoms with Crippen molar-refractivity contribution in [1.29, 1.82) is 0 Å². The smallest absolute Gasteiger partial charge is 0.0692 e. The van der Waals surface area contributed by atoms with Crippen molar-refractivity contribution in [2.75, 3.05) is 18.9 Å². The van der Waals surface area contributed by atoms with Gasteiger partial charge in [-0.1, -0.05) is 32.0 Å². The maximum Gasteiger partial charge on any atom is 0.0692 e. The molecule has 1 heterocycles. The Balaban J connectivity index is 1.69. The van der Waals surface area contributed by atoms with E-state index in [2.05, 4.69) is 49.5 Å². The van der Waals surface area contributed by atoms with Gasteiger partial charge in [0.1, 0.15) is 0 Å². The number of rotatable bonds is 7.